The largest absolute Gasteiger partial charge is 0.494 e. The fourth-order valence-electron chi connectivity index (χ4n) is 3.09. The number of nitrogens with one attached hydrogen (secondary N) is 2. The Balaban J connectivity index is 1.51. The summed E-state index contributed by atoms with van der Waals surface area (Å²) >= 11 is 0. The molecule has 1 aromatic heterocycles. The summed E-state index contributed by atoms with van der Waals surface area (Å²) in [4.78, 5) is 39.5. The molecule has 2 N–H and O–H groups in total. The van der Waals surface area contributed by atoms with E-state index in [1.807, 2.05) is 30.3 Å². The topological polar surface area (TPSA) is 141 Å². The minimum absolute atomic E-state index is 0.140. The van der Waals surface area contributed by atoms with Crippen LogP contribution in [0.25, 0.3) is 11.4 Å². The average Bonchev–Trinajstić information content (AvgIpc) is 3.27. The Kier molecular flexibility index (Phi) is 4.84. The summed E-state index contributed by atoms with van der Waals surface area (Å²) in [6.07, 6.45) is -0.198. The van der Waals surface area contributed by atoms with Crippen LogP contribution in [0, 0.1) is 10.1 Å². The number of hydrogen-bond donors (Lipinski definition) is 2. The molecule has 1 aliphatic rings. The van der Waals surface area contributed by atoms with E-state index < -0.39 is 22.8 Å². The highest BCUT2D eigenvalue weighted by Crippen LogP contribution is 2.31. The molecule has 0 bridgehead atoms. The van der Waals surface area contributed by atoms with Gasteiger partial charge in [0.05, 0.1) is 30.2 Å². The van der Waals surface area contributed by atoms with Crippen LogP contribution in [0.2, 0.25) is 0 Å². The van der Waals surface area contributed by atoms with Gasteiger partial charge in [-0.25, -0.2) is 4.68 Å². The van der Waals surface area contributed by atoms with E-state index in [-0.39, 0.29) is 29.5 Å². The zero-order valence-electron chi connectivity index (χ0n) is 15.7. The summed E-state index contributed by atoms with van der Waals surface area (Å²) in [6.45, 7) is 0. The predicted molar refractivity (Wildman–Crippen MR) is 106 cm³/mol. The molecule has 0 radical (unpaired) electrons. The maximum absolute atomic E-state index is 12.5. The van der Waals surface area contributed by atoms with Gasteiger partial charge in [0.25, 0.3) is 11.6 Å². The Labute approximate surface area is 169 Å². The number of benzene rings is 2. The van der Waals surface area contributed by atoms with Gasteiger partial charge in [0.1, 0.15) is 11.8 Å². The number of anilines is 2. The summed E-state index contributed by atoms with van der Waals surface area (Å²) < 4.78 is 6.50. The molecule has 0 aliphatic carbocycles. The summed E-state index contributed by atoms with van der Waals surface area (Å²) in [5, 5.41) is 20.5. The molecule has 11 nitrogen and oxygen atoms in total. The highest BCUT2D eigenvalue weighted by molar-refractivity contribution is 6.01. The van der Waals surface area contributed by atoms with E-state index in [0.29, 0.717) is 5.82 Å². The van der Waals surface area contributed by atoms with Crippen molar-refractivity contribution in [1.29, 1.82) is 0 Å². The van der Waals surface area contributed by atoms with Crippen molar-refractivity contribution in [3.05, 3.63) is 58.6 Å². The first kappa shape index (κ1) is 19.1. The summed E-state index contributed by atoms with van der Waals surface area (Å²) in [5.74, 6) is -0.0267. The summed E-state index contributed by atoms with van der Waals surface area (Å²) in [7, 11) is 1.34. The Morgan fingerprint density at radius 1 is 1.30 bits per heavy atom. The van der Waals surface area contributed by atoms with Crippen molar-refractivity contribution in [3.8, 4) is 17.1 Å². The number of fused-ring (bicyclic) bond motifs is 1. The van der Waals surface area contributed by atoms with Crippen molar-refractivity contribution >= 4 is 29.1 Å². The lowest BCUT2D eigenvalue weighted by molar-refractivity contribution is -0.384. The van der Waals surface area contributed by atoms with E-state index in [9.17, 15) is 19.7 Å². The third-order valence-electron chi connectivity index (χ3n) is 4.54. The van der Waals surface area contributed by atoms with Crippen LogP contribution in [0.3, 0.4) is 0 Å². The van der Waals surface area contributed by atoms with Gasteiger partial charge in [-0.3, -0.25) is 25.0 Å². The van der Waals surface area contributed by atoms with Crippen LogP contribution in [-0.4, -0.2) is 38.6 Å². The second-order valence-corrected chi connectivity index (χ2v) is 6.47. The molecule has 30 heavy (non-hydrogen) atoms. The number of carbonyl (C=O) groups is 2. The van der Waals surface area contributed by atoms with Crippen molar-refractivity contribution < 1.29 is 19.2 Å². The average molecular weight is 408 g/mol. The highest BCUT2D eigenvalue weighted by Gasteiger charge is 2.35. The quantitative estimate of drug-likeness (QED) is 0.471. The molecule has 2 amide bonds. The van der Waals surface area contributed by atoms with Gasteiger partial charge in [-0.2, -0.15) is 4.98 Å². The van der Waals surface area contributed by atoms with E-state index >= 15 is 0 Å². The minimum Gasteiger partial charge on any atom is -0.494 e. The number of rotatable bonds is 6. The zero-order chi connectivity index (χ0) is 21.3. The molecule has 0 saturated heterocycles. The summed E-state index contributed by atoms with van der Waals surface area (Å²) in [6, 6.07) is 12.2. The van der Waals surface area contributed by atoms with Crippen LogP contribution >= 0.6 is 0 Å². The number of nitrogens with zero attached hydrogens (tertiary/aromatic N) is 4. The Morgan fingerprint density at radius 2 is 2.07 bits per heavy atom. The molecular formula is C19H16N6O5. The van der Waals surface area contributed by atoms with Crippen molar-refractivity contribution in [2.45, 2.75) is 12.5 Å². The summed E-state index contributed by atoms with van der Waals surface area (Å²) in [5.41, 5.74) is 0.878. The van der Waals surface area contributed by atoms with Crippen LogP contribution in [-0.2, 0) is 9.59 Å². The van der Waals surface area contributed by atoms with Crippen molar-refractivity contribution in [2.24, 2.45) is 0 Å². The van der Waals surface area contributed by atoms with Crippen LogP contribution in [0.1, 0.15) is 12.5 Å². The number of nitro groups is 1. The van der Waals surface area contributed by atoms with E-state index in [4.69, 9.17) is 4.74 Å². The van der Waals surface area contributed by atoms with E-state index in [0.717, 1.165) is 5.56 Å². The number of aromatic nitrogens is 3. The predicted octanol–water partition coefficient (Wildman–Crippen LogP) is 2.38. The molecular weight excluding hydrogens is 392 g/mol. The smallest absolute Gasteiger partial charge is 0.273 e. The lowest BCUT2D eigenvalue weighted by atomic mass is 10.2. The molecule has 0 fully saturated rings. The second-order valence-electron chi connectivity index (χ2n) is 6.47. The SMILES string of the molecule is COc1cc([N+](=O)[O-])ccc1NC(=O)C[C@H]1C(=O)Nc2nc(-c3ccccc3)nn21. The number of nitro benzene ring substituents is 1. The van der Waals surface area contributed by atoms with Gasteiger partial charge >= 0.3 is 0 Å². The first-order valence-corrected chi connectivity index (χ1v) is 8.91. The van der Waals surface area contributed by atoms with Gasteiger partial charge < -0.3 is 10.1 Å². The molecule has 3 aromatic rings. The molecule has 0 saturated carbocycles. The van der Waals surface area contributed by atoms with Crippen LogP contribution in [0.15, 0.2) is 48.5 Å². The van der Waals surface area contributed by atoms with Crippen molar-refractivity contribution in [2.75, 3.05) is 17.7 Å². The van der Waals surface area contributed by atoms with Crippen molar-refractivity contribution in [3.63, 3.8) is 0 Å². The van der Waals surface area contributed by atoms with Gasteiger partial charge in [-0.05, 0) is 6.07 Å². The third kappa shape index (κ3) is 3.55. The fourth-order valence-corrected chi connectivity index (χ4v) is 3.09. The van der Waals surface area contributed by atoms with Crippen LogP contribution < -0.4 is 15.4 Å². The molecule has 2 heterocycles. The maximum Gasteiger partial charge on any atom is 0.273 e. The van der Waals surface area contributed by atoms with Gasteiger partial charge in [0.15, 0.2) is 5.82 Å². The zero-order valence-corrected chi connectivity index (χ0v) is 15.7. The molecule has 11 heteroatoms. The van der Waals surface area contributed by atoms with Gasteiger partial charge in [-0.1, -0.05) is 30.3 Å². The molecule has 4 rings (SSSR count). The minimum atomic E-state index is -0.867. The van der Waals surface area contributed by atoms with Gasteiger partial charge in [0.2, 0.25) is 11.9 Å². The van der Waals surface area contributed by atoms with E-state index in [1.54, 1.807) is 0 Å². The monoisotopic (exact) mass is 408 g/mol. The first-order valence-electron chi connectivity index (χ1n) is 8.91. The number of non-ortho nitro benzene ring substituents is 1. The standard InChI is InChI=1S/C19H16N6O5/c1-30-15-9-12(25(28)29)7-8-13(15)20-16(26)10-14-18(27)22-19-21-17(23-24(14)19)11-5-3-2-4-6-11/h2-9,14H,10H2,1H3,(H,20,26)(H,21,22,23,27)/t14-/m0/s1. The maximum atomic E-state index is 12.5. The molecule has 0 spiro atoms. The number of carbonyl (C=O) groups excluding carboxylic acids is 2. The molecule has 152 valence electrons. The first-order chi connectivity index (χ1) is 14.5. The van der Waals surface area contributed by atoms with E-state index in [2.05, 4.69) is 20.7 Å². The van der Waals surface area contributed by atoms with Gasteiger partial charge in [0, 0.05) is 11.6 Å². The molecule has 0 unspecified atom stereocenters. The normalized spacial score (nSPS) is 14.7. The van der Waals surface area contributed by atoms with Gasteiger partial charge in [-0.15, -0.1) is 5.10 Å². The van der Waals surface area contributed by atoms with Crippen LogP contribution in [0.4, 0.5) is 17.3 Å². The van der Waals surface area contributed by atoms with Crippen molar-refractivity contribution in [1.82, 2.24) is 14.8 Å². The second kappa shape index (κ2) is 7.62. The molecule has 2 aromatic carbocycles. The highest BCUT2D eigenvalue weighted by atomic mass is 16.6. The van der Waals surface area contributed by atoms with E-state index in [1.165, 1.54) is 30.0 Å². The number of amides is 2. The third-order valence-corrected chi connectivity index (χ3v) is 4.54. The van der Waals surface area contributed by atoms with Crippen LogP contribution in [0.5, 0.6) is 5.75 Å². The number of methoxy groups -OCH3 is 1. The Hall–Kier alpha value is -4.28. The lowest BCUT2D eigenvalue weighted by Crippen LogP contribution is -2.24. The number of hydrogen-bond acceptors (Lipinski definition) is 7. The molecule has 1 aliphatic heterocycles. The fraction of sp³-hybridized carbons (Fsp3) is 0.158. The Bertz CT molecular complexity index is 1140. The lowest BCUT2D eigenvalue weighted by Gasteiger charge is -2.12. The Morgan fingerprint density at radius 3 is 2.77 bits per heavy atom. The molecule has 1 atom stereocenters. The number of ether oxygens (including phenoxy) is 1.